The van der Waals surface area contributed by atoms with Gasteiger partial charge in [-0.1, -0.05) is 29.8 Å². The predicted octanol–water partition coefficient (Wildman–Crippen LogP) is 4.48. The van der Waals surface area contributed by atoms with Crippen LogP contribution < -0.4 is 0 Å². The lowest BCUT2D eigenvalue weighted by Gasteiger charge is -2.20. The van der Waals surface area contributed by atoms with Gasteiger partial charge in [0, 0.05) is 11.8 Å². The van der Waals surface area contributed by atoms with E-state index in [4.69, 9.17) is 4.74 Å². The van der Waals surface area contributed by atoms with Gasteiger partial charge in [-0.3, -0.25) is 9.36 Å². The van der Waals surface area contributed by atoms with E-state index in [2.05, 4.69) is 0 Å². The van der Waals surface area contributed by atoms with Crippen molar-refractivity contribution in [3.05, 3.63) is 65.5 Å². The van der Waals surface area contributed by atoms with Crippen molar-refractivity contribution in [2.75, 3.05) is 0 Å². The summed E-state index contributed by atoms with van der Waals surface area (Å²) >= 11 is 0. The van der Waals surface area contributed by atoms with E-state index in [1.807, 2.05) is 39.8 Å². The Morgan fingerprint density at radius 2 is 1.74 bits per heavy atom. The van der Waals surface area contributed by atoms with Gasteiger partial charge in [0.2, 0.25) is 0 Å². The fourth-order valence-corrected chi connectivity index (χ4v) is 1.98. The zero-order valence-electron chi connectivity index (χ0n) is 13.9. The van der Waals surface area contributed by atoms with Crippen molar-refractivity contribution in [2.45, 2.75) is 33.3 Å². The van der Waals surface area contributed by atoms with Crippen LogP contribution >= 0.6 is 0 Å². The molecule has 0 saturated heterocycles. The van der Waals surface area contributed by atoms with Crippen LogP contribution in [0.4, 0.5) is 4.79 Å². The molecule has 0 fully saturated rings. The van der Waals surface area contributed by atoms with E-state index < -0.39 is 11.7 Å². The number of hydrogen-bond donors (Lipinski definition) is 0. The van der Waals surface area contributed by atoms with Gasteiger partial charge < -0.3 is 4.74 Å². The van der Waals surface area contributed by atoms with E-state index in [0.29, 0.717) is 11.3 Å². The molecule has 0 bridgehead atoms. The minimum Gasteiger partial charge on any atom is -0.443 e. The topological polar surface area (TPSA) is 48.3 Å². The number of rotatable bonds is 3. The molecule has 0 atom stereocenters. The first-order valence-electron chi connectivity index (χ1n) is 7.46. The Morgan fingerprint density at radius 3 is 2.35 bits per heavy atom. The van der Waals surface area contributed by atoms with Crippen LogP contribution in [-0.2, 0) is 4.74 Å². The number of benzene rings is 1. The molecule has 4 nitrogen and oxygen atoms in total. The third-order valence-corrected chi connectivity index (χ3v) is 3.11. The van der Waals surface area contributed by atoms with Gasteiger partial charge in [-0.25, -0.2) is 4.79 Å². The van der Waals surface area contributed by atoms with Gasteiger partial charge >= 0.3 is 6.09 Å². The molecule has 4 heteroatoms. The lowest BCUT2D eigenvalue weighted by molar-refractivity contribution is 0.0536. The molecule has 0 aliphatic carbocycles. The van der Waals surface area contributed by atoms with Crippen molar-refractivity contribution in [3.63, 3.8) is 0 Å². The van der Waals surface area contributed by atoms with Crippen LogP contribution in [0.25, 0.3) is 6.08 Å². The quantitative estimate of drug-likeness (QED) is 0.620. The van der Waals surface area contributed by atoms with Crippen molar-refractivity contribution in [2.24, 2.45) is 0 Å². The van der Waals surface area contributed by atoms with E-state index in [1.54, 1.807) is 36.5 Å². The molecular formula is C19H21NO3. The summed E-state index contributed by atoms with van der Waals surface area (Å²) in [5.41, 5.74) is 1.74. The molecule has 23 heavy (non-hydrogen) atoms. The molecular weight excluding hydrogens is 290 g/mol. The number of allylic oxidation sites excluding steroid dienone is 1. The van der Waals surface area contributed by atoms with E-state index in [0.717, 1.165) is 5.56 Å². The summed E-state index contributed by atoms with van der Waals surface area (Å²) in [6, 6.07) is 10.8. The molecule has 0 radical (unpaired) electrons. The fraction of sp³-hybridized carbons (Fsp3) is 0.263. The molecule has 1 aromatic carbocycles. The number of aromatic nitrogens is 1. The average Bonchev–Trinajstić information content (AvgIpc) is 2.92. The third kappa shape index (κ3) is 4.68. The van der Waals surface area contributed by atoms with Gasteiger partial charge in [-0.05, 0) is 52.0 Å². The normalized spacial score (nSPS) is 11.7. The first-order valence-corrected chi connectivity index (χ1v) is 7.46. The second-order valence-corrected chi connectivity index (χ2v) is 6.35. The fourth-order valence-electron chi connectivity index (χ4n) is 1.98. The first kappa shape index (κ1) is 16.7. The van der Waals surface area contributed by atoms with Gasteiger partial charge in [0.15, 0.2) is 5.78 Å². The molecule has 0 aliphatic rings. The monoisotopic (exact) mass is 311 g/mol. The molecule has 0 N–H and O–H groups in total. The number of carbonyl (C=O) groups excluding carboxylic acids is 2. The minimum absolute atomic E-state index is 0.109. The van der Waals surface area contributed by atoms with E-state index in [1.165, 1.54) is 10.6 Å². The smallest absolute Gasteiger partial charge is 0.418 e. The van der Waals surface area contributed by atoms with Gasteiger partial charge in [-0.2, -0.15) is 0 Å². The maximum atomic E-state index is 12.1. The van der Waals surface area contributed by atoms with E-state index in [9.17, 15) is 9.59 Å². The van der Waals surface area contributed by atoms with Crippen LogP contribution in [0.15, 0.2) is 48.7 Å². The SMILES string of the molecule is Cc1ccc(C(=O)C=Cc2cccn2C(=O)OC(C)(C)C)cc1. The summed E-state index contributed by atoms with van der Waals surface area (Å²) in [6.45, 7) is 7.40. The van der Waals surface area contributed by atoms with Crippen molar-refractivity contribution >= 4 is 18.0 Å². The van der Waals surface area contributed by atoms with E-state index in [-0.39, 0.29) is 5.78 Å². The summed E-state index contributed by atoms with van der Waals surface area (Å²) in [4.78, 5) is 24.3. The van der Waals surface area contributed by atoms with Gasteiger partial charge in [-0.15, -0.1) is 0 Å². The Kier molecular flexibility index (Phi) is 4.84. The molecule has 0 spiro atoms. The number of ether oxygens (including phenoxy) is 1. The number of hydrogen-bond acceptors (Lipinski definition) is 3. The number of nitrogens with zero attached hydrogens (tertiary/aromatic N) is 1. The van der Waals surface area contributed by atoms with Crippen molar-refractivity contribution < 1.29 is 14.3 Å². The zero-order chi connectivity index (χ0) is 17.0. The van der Waals surface area contributed by atoms with Crippen molar-refractivity contribution in [1.29, 1.82) is 0 Å². The summed E-state index contributed by atoms with van der Waals surface area (Å²) in [6.07, 6.45) is 4.22. The van der Waals surface area contributed by atoms with Crippen LogP contribution in [0.1, 0.15) is 42.4 Å². The Labute approximate surface area is 136 Å². The summed E-state index contributed by atoms with van der Waals surface area (Å²) in [5, 5.41) is 0. The Morgan fingerprint density at radius 1 is 1.09 bits per heavy atom. The first-order chi connectivity index (χ1) is 10.8. The lowest BCUT2D eigenvalue weighted by atomic mass is 10.1. The van der Waals surface area contributed by atoms with Crippen LogP contribution in [-0.4, -0.2) is 22.0 Å². The van der Waals surface area contributed by atoms with Crippen LogP contribution in [0.2, 0.25) is 0 Å². The molecule has 2 aromatic rings. The second kappa shape index (κ2) is 6.65. The highest BCUT2D eigenvalue weighted by Gasteiger charge is 2.18. The van der Waals surface area contributed by atoms with Crippen LogP contribution in [0.5, 0.6) is 0 Å². The molecule has 1 aromatic heterocycles. The molecule has 0 unspecified atom stereocenters. The molecule has 0 saturated carbocycles. The highest BCUT2D eigenvalue weighted by Crippen LogP contribution is 2.13. The Balaban J connectivity index is 2.15. The van der Waals surface area contributed by atoms with Gasteiger partial charge in [0.25, 0.3) is 0 Å². The highest BCUT2D eigenvalue weighted by molar-refractivity contribution is 6.06. The lowest BCUT2D eigenvalue weighted by Crippen LogP contribution is -2.27. The largest absolute Gasteiger partial charge is 0.443 e. The second-order valence-electron chi connectivity index (χ2n) is 6.35. The van der Waals surface area contributed by atoms with E-state index >= 15 is 0 Å². The number of ketones is 1. The standard InChI is InChI=1S/C19H21NO3/c1-14-7-9-15(10-8-14)17(21)12-11-16-6-5-13-20(16)18(22)23-19(2,3)4/h5-13H,1-4H3. The molecule has 120 valence electrons. The number of carbonyl (C=O) groups is 2. The van der Waals surface area contributed by atoms with Gasteiger partial charge in [0.05, 0.1) is 5.69 Å². The molecule has 1 heterocycles. The maximum Gasteiger partial charge on any atom is 0.418 e. The summed E-state index contributed by atoms with van der Waals surface area (Å²) in [5.74, 6) is -0.109. The average molecular weight is 311 g/mol. The Bertz CT molecular complexity index is 731. The van der Waals surface area contributed by atoms with Gasteiger partial charge in [0.1, 0.15) is 5.60 Å². The molecule has 0 amide bonds. The van der Waals surface area contributed by atoms with Crippen LogP contribution in [0.3, 0.4) is 0 Å². The number of aryl methyl sites for hydroxylation is 1. The van der Waals surface area contributed by atoms with Crippen molar-refractivity contribution in [3.8, 4) is 0 Å². The third-order valence-electron chi connectivity index (χ3n) is 3.11. The maximum absolute atomic E-state index is 12.1. The van der Waals surface area contributed by atoms with Crippen molar-refractivity contribution in [1.82, 2.24) is 4.57 Å². The molecule has 2 rings (SSSR count). The Hall–Kier alpha value is -2.62. The predicted molar refractivity (Wildman–Crippen MR) is 90.6 cm³/mol. The molecule has 0 aliphatic heterocycles. The summed E-state index contributed by atoms with van der Waals surface area (Å²) < 4.78 is 6.71. The summed E-state index contributed by atoms with van der Waals surface area (Å²) in [7, 11) is 0. The highest BCUT2D eigenvalue weighted by atomic mass is 16.6. The minimum atomic E-state index is -0.569. The zero-order valence-corrected chi connectivity index (χ0v) is 13.9. The van der Waals surface area contributed by atoms with Crippen LogP contribution in [0, 0.1) is 6.92 Å².